The number of nitrogens with zero attached hydrogens (tertiary/aromatic N) is 1. The molecule has 18 heavy (non-hydrogen) atoms. The lowest BCUT2D eigenvalue weighted by Crippen LogP contribution is -1.95. The Morgan fingerprint density at radius 3 is 2.39 bits per heavy atom. The summed E-state index contributed by atoms with van der Waals surface area (Å²) < 4.78 is 0. The number of para-hydroxylation sites is 1. The molecule has 4 rings (SSSR count). The van der Waals surface area contributed by atoms with E-state index < -0.39 is 0 Å². The average Bonchev–Trinajstić information content (AvgIpc) is 2.73. The first kappa shape index (κ1) is 9.54. The van der Waals surface area contributed by atoms with Crippen LogP contribution in [0.2, 0.25) is 0 Å². The standard InChI is InChI=1S/C16H9NO/c18-16-11-6-2-1-5-10(11)15-12-7-3-4-8-14(12)17-9-13(15)16/h1-9H. The minimum atomic E-state index is 0.0823. The molecule has 1 aliphatic carbocycles. The first-order valence-electron chi connectivity index (χ1n) is 5.88. The largest absolute Gasteiger partial charge is 0.289 e. The molecule has 0 saturated carbocycles. The second-order valence-corrected chi connectivity index (χ2v) is 4.44. The van der Waals surface area contributed by atoms with Gasteiger partial charge in [0.15, 0.2) is 5.78 Å². The van der Waals surface area contributed by atoms with Crippen molar-refractivity contribution in [3.05, 3.63) is 65.9 Å². The van der Waals surface area contributed by atoms with Gasteiger partial charge in [-0.25, -0.2) is 0 Å². The van der Waals surface area contributed by atoms with Crippen molar-refractivity contribution in [2.75, 3.05) is 0 Å². The molecule has 0 N–H and O–H groups in total. The highest BCUT2D eigenvalue weighted by Gasteiger charge is 2.28. The summed E-state index contributed by atoms with van der Waals surface area (Å²) in [5.74, 6) is 0.0823. The zero-order valence-corrected chi connectivity index (χ0v) is 9.55. The molecule has 2 heteroatoms. The quantitative estimate of drug-likeness (QED) is 0.464. The van der Waals surface area contributed by atoms with E-state index in [1.165, 1.54) is 0 Å². The molecule has 1 aliphatic rings. The van der Waals surface area contributed by atoms with Crippen LogP contribution in [-0.2, 0) is 0 Å². The molecule has 0 bridgehead atoms. The van der Waals surface area contributed by atoms with Crippen LogP contribution in [0, 0.1) is 0 Å². The highest BCUT2D eigenvalue weighted by Crippen LogP contribution is 2.40. The van der Waals surface area contributed by atoms with E-state index in [0.29, 0.717) is 0 Å². The predicted molar refractivity (Wildman–Crippen MR) is 70.6 cm³/mol. The van der Waals surface area contributed by atoms with E-state index in [0.717, 1.165) is 33.2 Å². The first-order chi connectivity index (χ1) is 8.86. The molecular formula is C16H9NO. The molecule has 0 amide bonds. The fourth-order valence-electron chi connectivity index (χ4n) is 2.65. The van der Waals surface area contributed by atoms with Crippen LogP contribution in [-0.4, -0.2) is 10.8 Å². The Labute approximate surface area is 104 Å². The molecule has 1 heterocycles. The summed E-state index contributed by atoms with van der Waals surface area (Å²) in [6, 6.07) is 15.7. The Balaban J connectivity index is 2.23. The molecule has 0 unspecified atom stereocenters. The van der Waals surface area contributed by atoms with Crippen LogP contribution in [0.1, 0.15) is 15.9 Å². The van der Waals surface area contributed by atoms with Crippen LogP contribution in [0.4, 0.5) is 0 Å². The van der Waals surface area contributed by atoms with Gasteiger partial charge in [0, 0.05) is 28.3 Å². The number of carbonyl (C=O) groups excluding carboxylic acids is 1. The van der Waals surface area contributed by atoms with Crippen molar-refractivity contribution in [3.63, 3.8) is 0 Å². The molecule has 0 atom stereocenters. The van der Waals surface area contributed by atoms with Gasteiger partial charge < -0.3 is 0 Å². The SMILES string of the molecule is O=C1c2ccccc2-c2c1cnc1ccccc21. The van der Waals surface area contributed by atoms with Crippen molar-refractivity contribution in [1.82, 2.24) is 4.98 Å². The van der Waals surface area contributed by atoms with E-state index in [4.69, 9.17) is 0 Å². The van der Waals surface area contributed by atoms with Crippen LogP contribution in [0.25, 0.3) is 22.0 Å². The van der Waals surface area contributed by atoms with E-state index in [1.54, 1.807) is 6.20 Å². The van der Waals surface area contributed by atoms with Crippen molar-refractivity contribution < 1.29 is 4.79 Å². The molecule has 84 valence electrons. The number of pyridine rings is 1. The second kappa shape index (κ2) is 3.26. The van der Waals surface area contributed by atoms with E-state index in [-0.39, 0.29) is 5.78 Å². The van der Waals surface area contributed by atoms with E-state index in [2.05, 4.69) is 4.98 Å². The molecule has 0 radical (unpaired) electrons. The summed E-state index contributed by atoms with van der Waals surface area (Å²) in [4.78, 5) is 16.7. The zero-order chi connectivity index (χ0) is 12.1. The lowest BCUT2D eigenvalue weighted by atomic mass is 10.0. The molecule has 0 spiro atoms. The second-order valence-electron chi connectivity index (χ2n) is 4.44. The highest BCUT2D eigenvalue weighted by molar-refractivity contribution is 6.25. The van der Waals surface area contributed by atoms with Crippen LogP contribution >= 0.6 is 0 Å². The Morgan fingerprint density at radius 2 is 1.50 bits per heavy atom. The average molecular weight is 231 g/mol. The van der Waals surface area contributed by atoms with Gasteiger partial charge in [0.2, 0.25) is 0 Å². The van der Waals surface area contributed by atoms with Gasteiger partial charge in [-0.05, 0) is 11.6 Å². The summed E-state index contributed by atoms with van der Waals surface area (Å²) in [5.41, 5.74) is 4.48. The van der Waals surface area contributed by atoms with Crippen molar-refractivity contribution in [1.29, 1.82) is 0 Å². The van der Waals surface area contributed by atoms with Crippen molar-refractivity contribution in [3.8, 4) is 11.1 Å². The Hall–Kier alpha value is -2.48. The van der Waals surface area contributed by atoms with Crippen LogP contribution in [0.3, 0.4) is 0 Å². The van der Waals surface area contributed by atoms with E-state index in [1.807, 2.05) is 48.5 Å². The van der Waals surface area contributed by atoms with Crippen molar-refractivity contribution in [2.45, 2.75) is 0 Å². The fourth-order valence-corrected chi connectivity index (χ4v) is 2.65. The van der Waals surface area contributed by atoms with Gasteiger partial charge in [0.1, 0.15) is 0 Å². The molecule has 2 aromatic carbocycles. The molecule has 3 aromatic rings. The minimum Gasteiger partial charge on any atom is -0.289 e. The monoisotopic (exact) mass is 231 g/mol. The van der Waals surface area contributed by atoms with Gasteiger partial charge in [0.25, 0.3) is 0 Å². The number of fused-ring (bicyclic) bond motifs is 5. The normalized spacial score (nSPS) is 12.6. The van der Waals surface area contributed by atoms with Crippen LogP contribution in [0.5, 0.6) is 0 Å². The summed E-state index contributed by atoms with van der Waals surface area (Å²) in [7, 11) is 0. The number of hydrogen-bond acceptors (Lipinski definition) is 2. The third kappa shape index (κ3) is 1.07. The number of benzene rings is 2. The Morgan fingerprint density at radius 1 is 0.778 bits per heavy atom. The van der Waals surface area contributed by atoms with Gasteiger partial charge in [0.05, 0.1) is 5.52 Å². The summed E-state index contributed by atoms with van der Waals surface area (Å²) in [5, 5.41) is 1.05. The minimum absolute atomic E-state index is 0.0823. The number of aromatic nitrogens is 1. The Bertz CT molecular complexity index is 805. The maximum atomic E-state index is 12.3. The third-order valence-corrected chi connectivity index (χ3v) is 3.46. The molecule has 0 fully saturated rings. The highest BCUT2D eigenvalue weighted by atomic mass is 16.1. The zero-order valence-electron chi connectivity index (χ0n) is 9.55. The molecule has 2 nitrogen and oxygen atoms in total. The molecule has 0 aliphatic heterocycles. The van der Waals surface area contributed by atoms with Gasteiger partial charge in [-0.2, -0.15) is 0 Å². The van der Waals surface area contributed by atoms with Crippen molar-refractivity contribution in [2.24, 2.45) is 0 Å². The molecule has 1 aromatic heterocycles. The summed E-state index contributed by atoms with van der Waals surface area (Å²) in [6.07, 6.45) is 1.69. The molecular weight excluding hydrogens is 222 g/mol. The fraction of sp³-hybridized carbons (Fsp3) is 0. The molecule has 0 saturated heterocycles. The smallest absolute Gasteiger partial charge is 0.195 e. The number of ketones is 1. The third-order valence-electron chi connectivity index (χ3n) is 3.46. The van der Waals surface area contributed by atoms with Gasteiger partial charge in [-0.1, -0.05) is 42.5 Å². The predicted octanol–water partition coefficient (Wildman–Crippen LogP) is 3.45. The van der Waals surface area contributed by atoms with Gasteiger partial charge >= 0.3 is 0 Å². The van der Waals surface area contributed by atoms with Crippen molar-refractivity contribution >= 4 is 16.7 Å². The van der Waals surface area contributed by atoms with Crippen LogP contribution in [0.15, 0.2) is 54.7 Å². The number of hydrogen-bond donors (Lipinski definition) is 0. The first-order valence-corrected chi connectivity index (χ1v) is 5.88. The summed E-state index contributed by atoms with van der Waals surface area (Å²) >= 11 is 0. The number of carbonyl (C=O) groups is 1. The maximum absolute atomic E-state index is 12.3. The lowest BCUT2D eigenvalue weighted by Gasteiger charge is -2.04. The van der Waals surface area contributed by atoms with Gasteiger partial charge in [-0.15, -0.1) is 0 Å². The topological polar surface area (TPSA) is 30.0 Å². The van der Waals surface area contributed by atoms with Gasteiger partial charge in [-0.3, -0.25) is 9.78 Å². The Kier molecular flexibility index (Phi) is 1.73. The summed E-state index contributed by atoms with van der Waals surface area (Å²) in [6.45, 7) is 0. The lowest BCUT2D eigenvalue weighted by molar-refractivity contribution is 0.104. The van der Waals surface area contributed by atoms with E-state index >= 15 is 0 Å². The van der Waals surface area contributed by atoms with E-state index in [9.17, 15) is 4.79 Å². The maximum Gasteiger partial charge on any atom is 0.195 e. The van der Waals surface area contributed by atoms with Crippen LogP contribution < -0.4 is 0 Å². The number of rotatable bonds is 0.